The van der Waals surface area contributed by atoms with E-state index in [1.165, 1.54) is 11.1 Å². The topological polar surface area (TPSA) is 32.7 Å². The third-order valence-electron chi connectivity index (χ3n) is 4.11. The van der Waals surface area contributed by atoms with E-state index in [0.29, 0.717) is 0 Å². The molecular formula is C18H21NO2. The van der Waals surface area contributed by atoms with Crippen LogP contribution in [0.4, 0.5) is 5.69 Å². The summed E-state index contributed by atoms with van der Waals surface area (Å²) in [7, 11) is 1.71. The number of aryl methyl sites for hydroxylation is 1. The van der Waals surface area contributed by atoms with Gasteiger partial charge in [0, 0.05) is 29.9 Å². The lowest BCUT2D eigenvalue weighted by atomic mass is 9.98. The maximum Gasteiger partial charge on any atom is 0.123 e. The molecule has 1 N–H and O–H groups in total. The zero-order valence-electron chi connectivity index (χ0n) is 12.5. The van der Waals surface area contributed by atoms with Gasteiger partial charge in [0.2, 0.25) is 0 Å². The predicted octanol–water partition coefficient (Wildman–Crippen LogP) is 3.45. The summed E-state index contributed by atoms with van der Waals surface area (Å²) in [6.45, 7) is 3.75. The number of benzene rings is 2. The number of hydrogen-bond donors (Lipinski definition) is 1. The van der Waals surface area contributed by atoms with Crippen LogP contribution in [-0.4, -0.2) is 18.8 Å². The second kappa shape index (κ2) is 5.78. The van der Waals surface area contributed by atoms with Gasteiger partial charge in [-0.25, -0.2) is 0 Å². The molecule has 2 aromatic rings. The number of para-hydroxylation sites is 1. The van der Waals surface area contributed by atoms with E-state index >= 15 is 0 Å². The second-order valence-corrected chi connectivity index (χ2v) is 5.60. The maximum absolute atomic E-state index is 10.1. The first-order chi connectivity index (χ1) is 10.2. The van der Waals surface area contributed by atoms with E-state index in [2.05, 4.69) is 30.0 Å². The number of nitrogens with zero attached hydrogens (tertiary/aromatic N) is 1. The van der Waals surface area contributed by atoms with E-state index in [-0.39, 0.29) is 6.10 Å². The van der Waals surface area contributed by atoms with Gasteiger partial charge in [0.1, 0.15) is 5.75 Å². The predicted molar refractivity (Wildman–Crippen MR) is 84.8 cm³/mol. The van der Waals surface area contributed by atoms with Crippen LogP contribution < -0.4 is 9.64 Å². The number of methoxy groups -OCH3 is 1. The van der Waals surface area contributed by atoms with Crippen LogP contribution in [0.1, 0.15) is 29.2 Å². The highest BCUT2D eigenvalue weighted by Gasteiger charge is 2.23. The van der Waals surface area contributed by atoms with Crippen LogP contribution in [0, 0.1) is 6.92 Å². The number of aliphatic hydroxyl groups is 1. The molecule has 1 aliphatic rings. The van der Waals surface area contributed by atoms with E-state index in [1.54, 1.807) is 7.11 Å². The van der Waals surface area contributed by atoms with Crippen LogP contribution in [0.15, 0.2) is 42.5 Å². The van der Waals surface area contributed by atoms with E-state index in [9.17, 15) is 5.11 Å². The van der Waals surface area contributed by atoms with Crippen molar-refractivity contribution in [1.29, 1.82) is 0 Å². The first-order valence-electron chi connectivity index (χ1n) is 7.34. The highest BCUT2D eigenvalue weighted by molar-refractivity contribution is 5.57. The molecule has 21 heavy (non-hydrogen) atoms. The number of anilines is 1. The molecule has 3 rings (SSSR count). The van der Waals surface area contributed by atoms with Crippen LogP contribution in [0.25, 0.3) is 0 Å². The van der Waals surface area contributed by atoms with Gasteiger partial charge in [-0.3, -0.25) is 0 Å². The van der Waals surface area contributed by atoms with E-state index < -0.39 is 0 Å². The maximum atomic E-state index is 10.1. The van der Waals surface area contributed by atoms with Gasteiger partial charge in [0.05, 0.1) is 13.2 Å². The minimum absolute atomic E-state index is 0.350. The van der Waals surface area contributed by atoms with Crippen LogP contribution in [0.3, 0.4) is 0 Å². The largest absolute Gasteiger partial charge is 0.496 e. The summed E-state index contributed by atoms with van der Waals surface area (Å²) in [6.07, 6.45) is 0.419. The summed E-state index contributed by atoms with van der Waals surface area (Å²) in [5.74, 6) is 0.921. The zero-order valence-corrected chi connectivity index (χ0v) is 12.5. The molecule has 0 aromatic heterocycles. The molecule has 0 aliphatic carbocycles. The summed E-state index contributed by atoms with van der Waals surface area (Å²) in [6, 6.07) is 14.4. The molecule has 1 unspecified atom stereocenters. The molecule has 1 atom stereocenters. The van der Waals surface area contributed by atoms with Gasteiger partial charge in [-0.1, -0.05) is 35.9 Å². The van der Waals surface area contributed by atoms with Crippen LogP contribution in [0.5, 0.6) is 5.75 Å². The van der Waals surface area contributed by atoms with Gasteiger partial charge >= 0.3 is 0 Å². The number of aliphatic hydroxyl groups excluding tert-OH is 1. The first-order valence-corrected chi connectivity index (χ1v) is 7.34. The Labute approximate surface area is 125 Å². The number of hydrogen-bond acceptors (Lipinski definition) is 3. The molecule has 3 nitrogen and oxygen atoms in total. The molecule has 3 heteroatoms. The van der Waals surface area contributed by atoms with Gasteiger partial charge in [0.15, 0.2) is 0 Å². The minimum Gasteiger partial charge on any atom is -0.496 e. The summed E-state index contributed by atoms with van der Waals surface area (Å²) in [5.41, 5.74) is 4.56. The average Bonchev–Trinajstić information content (AvgIpc) is 2.51. The minimum atomic E-state index is -0.350. The molecule has 0 saturated carbocycles. The molecule has 0 fully saturated rings. The van der Waals surface area contributed by atoms with Crippen molar-refractivity contribution in [3.8, 4) is 5.75 Å². The summed E-state index contributed by atoms with van der Waals surface area (Å²) in [5, 5.41) is 10.1. The molecule has 1 heterocycles. The summed E-state index contributed by atoms with van der Waals surface area (Å²) >= 11 is 0. The van der Waals surface area contributed by atoms with Crippen molar-refractivity contribution in [2.75, 3.05) is 18.6 Å². The number of rotatable bonds is 3. The Morgan fingerprint density at radius 2 is 2.05 bits per heavy atom. The lowest BCUT2D eigenvalue weighted by molar-refractivity contribution is 0.164. The van der Waals surface area contributed by atoms with E-state index in [0.717, 1.165) is 36.5 Å². The Bertz CT molecular complexity index is 639. The Morgan fingerprint density at radius 3 is 2.86 bits per heavy atom. The molecule has 1 aliphatic heterocycles. The van der Waals surface area contributed by atoms with Crippen LogP contribution >= 0.6 is 0 Å². The van der Waals surface area contributed by atoms with Gasteiger partial charge in [-0.2, -0.15) is 0 Å². The fourth-order valence-electron chi connectivity index (χ4n) is 3.01. The lowest BCUT2D eigenvalue weighted by Gasteiger charge is -2.34. The molecule has 0 saturated heterocycles. The van der Waals surface area contributed by atoms with Crippen molar-refractivity contribution < 1.29 is 9.84 Å². The van der Waals surface area contributed by atoms with Crippen molar-refractivity contribution in [3.05, 3.63) is 59.2 Å². The Hall–Kier alpha value is -2.00. The highest BCUT2D eigenvalue weighted by atomic mass is 16.5. The second-order valence-electron chi connectivity index (χ2n) is 5.60. The van der Waals surface area contributed by atoms with E-state index in [4.69, 9.17) is 4.74 Å². The van der Waals surface area contributed by atoms with Crippen molar-refractivity contribution >= 4 is 5.69 Å². The van der Waals surface area contributed by atoms with Crippen molar-refractivity contribution in [3.63, 3.8) is 0 Å². The average molecular weight is 283 g/mol. The smallest absolute Gasteiger partial charge is 0.123 e. The molecule has 0 bridgehead atoms. The molecule has 0 spiro atoms. The van der Waals surface area contributed by atoms with Crippen LogP contribution in [-0.2, 0) is 6.54 Å². The monoisotopic (exact) mass is 283 g/mol. The Morgan fingerprint density at radius 1 is 1.24 bits per heavy atom. The number of fused-ring (bicyclic) bond motifs is 1. The molecule has 0 amide bonds. The van der Waals surface area contributed by atoms with Gasteiger partial charge in [0.25, 0.3) is 0 Å². The van der Waals surface area contributed by atoms with Crippen molar-refractivity contribution in [1.82, 2.24) is 0 Å². The standard InChI is InChI=1S/C18H21NO2/c1-13-7-8-18(21-2)14(11-13)12-19-10-9-17(20)15-5-3-4-6-16(15)19/h3-8,11,17,20H,9-10,12H2,1-2H3. The van der Waals surface area contributed by atoms with Crippen molar-refractivity contribution in [2.45, 2.75) is 26.0 Å². The molecular weight excluding hydrogens is 262 g/mol. The fraction of sp³-hybridized carbons (Fsp3) is 0.333. The highest BCUT2D eigenvalue weighted by Crippen LogP contribution is 2.35. The van der Waals surface area contributed by atoms with Gasteiger partial charge in [-0.05, 0) is 25.5 Å². The Kier molecular flexibility index (Phi) is 3.84. The zero-order chi connectivity index (χ0) is 14.8. The third-order valence-corrected chi connectivity index (χ3v) is 4.11. The van der Waals surface area contributed by atoms with Crippen LogP contribution in [0.2, 0.25) is 0 Å². The van der Waals surface area contributed by atoms with Gasteiger partial charge in [-0.15, -0.1) is 0 Å². The van der Waals surface area contributed by atoms with Gasteiger partial charge < -0.3 is 14.7 Å². The lowest BCUT2D eigenvalue weighted by Crippen LogP contribution is -2.30. The summed E-state index contributed by atoms with van der Waals surface area (Å²) in [4.78, 5) is 2.32. The molecule has 110 valence electrons. The quantitative estimate of drug-likeness (QED) is 0.936. The van der Waals surface area contributed by atoms with E-state index in [1.807, 2.05) is 24.3 Å². The molecule has 0 radical (unpaired) electrons. The SMILES string of the molecule is COc1ccc(C)cc1CN1CCC(O)c2ccccc21. The normalized spacial score (nSPS) is 17.5. The van der Waals surface area contributed by atoms with Crippen molar-refractivity contribution in [2.24, 2.45) is 0 Å². The summed E-state index contributed by atoms with van der Waals surface area (Å²) < 4.78 is 5.47. The first kappa shape index (κ1) is 14.0. The third kappa shape index (κ3) is 2.74. The number of ether oxygens (including phenoxy) is 1. The fourth-order valence-corrected chi connectivity index (χ4v) is 3.01. The Balaban J connectivity index is 1.93. The molecule has 2 aromatic carbocycles.